The van der Waals surface area contributed by atoms with E-state index in [0.29, 0.717) is 29.2 Å². The highest BCUT2D eigenvalue weighted by Crippen LogP contribution is 2.30. The Morgan fingerprint density at radius 2 is 2.15 bits per heavy atom. The first kappa shape index (κ1) is 12.5. The number of benzene rings is 2. The second-order valence-corrected chi connectivity index (χ2v) is 4.67. The molecule has 0 bridgehead atoms. The number of rotatable bonds is 3. The van der Waals surface area contributed by atoms with Crippen molar-refractivity contribution in [3.8, 4) is 11.5 Å². The first-order chi connectivity index (χ1) is 9.70. The van der Waals surface area contributed by atoms with E-state index in [1.807, 2.05) is 12.1 Å². The predicted molar refractivity (Wildman–Crippen MR) is 76.5 cm³/mol. The Hall–Kier alpha value is -2.49. The fraction of sp³-hybridized carbons (Fsp3) is 0.188. The molecule has 1 aliphatic rings. The summed E-state index contributed by atoms with van der Waals surface area (Å²) in [5, 5.41) is 0. The molecule has 3 rings (SSSR count). The maximum Gasteiger partial charge on any atom is 0.195 e. The van der Waals surface area contributed by atoms with Crippen molar-refractivity contribution in [2.45, 2.75) is 6.42 Å². The molecule has 4 heteroatoms. The van der Waals surface area contributed by atoms with E-state index < -0.39 is 0 Å². The number of hydrogen-bond donors (Lipinski definition) is 1. The van der Waals surface area contributed by atoms with Gasteiger partial charge in [-0.1, -0.05) is 6.07 Å². The molecule has 20 heavy (non-hydrogen) atoms. The number of ketones is 1. The summed E-state index contributed by atoms with van der Waals surface area (Å²) < 4.78 is 10.6. The molecular formula is C16H15NO3. The van der Waals surface area contributed by atoms with E-state index in [2.05, 4.69) is 0 Å². The third kappa shape index (κ3) is 1.99. The van der Waals surface area contributed by atoms with Crippen LogP contribution in [0.1, 0.15) is 21.5 Å². The summed E-state index contributed by atoms with van der Waals surface area (Å²) in [6, 6.07) is 10.7. The summed E-state index contributed by atoms with van der Waals surface area (Å²) in [6.07, 6.45) is 0.837. The van der Waals surface area contributed by atoms with Gasteiger partial charge in [-0.15, -0.1) is 0 Å². The highest BCUT2D eigenvalue weighted by atomic mass is 16.5. The van der Waals surface area contributed by atoms with Gasteiger partial charge in [0.25, 0.3) is 0 Å². The molecule has 0 amide bonds. The van der Waals surface area contributed by atoms with Crippen LogP contribution in [0.15, 0.2) is 36.4 Å². The number of anilines is 1. The Labute approximate surface area is 117 Å². The zero-order chi connectivity index (χ0) is 14.1. The number of fused-ring (bicyclic) bond motifs is 1. The molecule has 1 aliphatic heterocycles. The van der Waals surface area contributed by atoms with Gasteiger partial charge in [0.2, 0.25) is 0 Å². The Morgan fingerprint density at radius 3 is 2.95 bits per heavy atom. The number of carbonyl (C=O) groups excluding carboxylic acids is 1. The molecule has 0 unspecified atom stereocenters. The van der Waals surface area contributed by atoms with Crippen LogP contribution in [0.3, 0.4) is 0 Å². The second-order valence-electron chi connectivity index (χ2n) is 4.67. The average Bonchev–Trinajstić information content (AvgIpc) is 2.94. The van der Waals surface area contributed by atoms with E-state index in [1.54, 1.807) is 24.3 Å². The predicted octanol–water partition coefficient (Wildman–Crippen LogP) is 2.44. The quantitative estimate of drug-likeness (QED) is 0.686. The molecule has 0 radical (unpaired) electrons. The number of methoxy groups -OCH3 is 1. The van der Waals surface area contributed by atoms with Gasteiger partial charge in [0.1, 0.15) is 11.5 Å². The molecule has 2 aromatic carbocycles. The van der Waals surface area contributed by atoms with Crippen LogP contribution in [-0.2, 0) is 6.42 Å². The lowest BCUT2D eigenvalue weighted by atomic mass is 9.99. The average molecular weight is 269 g/mol. The maximum atomic E-state index is 12.6. The number of nitrogen functional groups attached to an aromatic ring is 1. The van der Waals surface area contributed by atoms with E-state index in [9.17, 15) is 4.79 Å². The fourth-order valence-electron chi connectivity index (χ4n) is 2.40. The Bertz CT molecular complexity index is 679. The standard InChI is InChI=1S/C16H15NO3/c1-19-14-4-2-3-12(15(14)17)16(18)11-5-6-13-10(9-11)7-8-20-13/h2-6,9H,7-8,17H2,1H3. The summed E-state index contributed by atoms with van der Waals surface area (Å²) in [4.78, 5) is 12.6. The van der Waals surface area contributed by atoms with E-state index >= 15 is 0 Å². The summed E-state index contributed by atoms with van der Waals surface area (Å²) in [7, 11) is 1.53. The van der Waals surface area contributed by atoms with E-state index in [4.69, 9.17) is 15.2 Å². The van der Waals surface area contributed by atoms with Crippen molar-refractivity contribution >= 4 is 11.5 Å². The van der Waals surface area contributed by atoms with E-state index in [1.165, 1.54) is 7.11 Å². The first-order valence-electron chi connectivity index (χ1n) is 6.43. The fourth-order valence-corrected chi connectivity index (χ4v) is 2.40. The van der Waals surface area contributed by atoms with Crippen LogP contribution in [0.2, 0.25) is 0 Å². The third-order valence-electron chi connectivity index (χ3n) is 3.48. The maximum absolute atomic E-state index is 12.6. The lowest BCUT2D eigenvalue weighted by Gasteiger charge is -2.09. The van der Waals surface area contributed by atoms with Crippen molar-refractivity contribution in [1.82, 2.24) is 0 Å². The Kier molecular flexibility index (Phi) is 3.06. The monoisotopic (exact) mass is 269 g/mol. The molecule has 2 aromatic rings. The minimum atomic E-state index is -0.101. The lowest BCUT2D eigenvalue weighted by molar-refractivity contribution is 0.103. The Balaban J connectivity index is 2.01. The molecule has 0 aromatic heterocycles. The van der Waals surface area contributed by atoms with Gasteiger partial charge < -0.3 is 15.2 Å². The van der Waals surface area contributed by atoms with Crippen LogP contribution < -0.4 is 15.2 Å². The number of hydrogen-bond acceptors (Lipinski definition) is 4. The number of ether oxygens (including phenoxy) is 2. The highest BCUT2D eigenvalue weighted by Gasteiger charge is 2.18. The summed E-state index contributed by atoms with van der Waals surface area (Å²) in [5.41, 5.74) is 8.49. The zero-order valence-electron chi connectivity index (χ0n) is 11.2. The van der Waals surface area contributed by atoms with Crippen LogP contribution in [-0.4, -0.2) is 19.5 Å². The molecule has 4 nitrogen and oxygen atoms in total. The van der Waals surface area contributed by atoms with Crippen LogP contribution in [0, 0.1) is 0 Å². The SMILES string of the molecule is COc1cccc(C(=O)c2ccc3c(c2)CCO3)c1N. The molecule has 1 heterocycles. The molecule has 0 aliphatic carbocycles. The second kappa shape index (κ2) is 4.89. The molecule has 102 valence electrons. The van der Waals surface area contributed by atoms with Crippen molar-refractivity contribution in [3.05, 3.63) is 53.1 Å². The van der Waals surface area contributed by atoms with Gasteiger partial charge in [-0.05, 0) is 35.9 Å². The van der Waals surface area contributed by atoms with Gasteiger partial charge in [-0.3, -0.25) is 4.79 Å². The van der Waals surface area contributed by atoms with Crippen molar-refractivity contribution in [2.75, 3.05) is 19.5 Å². The molecule has 0 fully saturated rings. The van der Waals surface area contributed by atoms with Crippen molar-refractivity contribution in [1.29, 1.82) is 0 Å². The molecule has 0 atom stereocenters. The molecule has 0 spiro atoms. The van der Waals surface area contributed by atoms with Gasteiger partial charge in [0.05, 0.1) is 19.4 Å². The van der Waals surface area contributed by atoms with Crippen LogP contribution in [0.25, 0.3) is 0 Å². The van der Waals surface area contributed by atoms with Crippen molar-refractivity contribution in [3.63, 3.8) is 0 Å². The molecular weight excluding hydrogens is 254 g/mol. The van der Waals surface area contributed by atoms with Gasteiger partial charge in [0.15, 0.2) is 5.78 Å². The van der Waals surface area contributed by atoms with E-state index in [-0.39, 0.29) is 5.78 Å². The Morgan fingerprint density at radius 1 is 1.30 bits per heavy atom. The topological polar surface area (TPSA) is 61.5 Å². The smallest absolute Gasteiger partial charge is 0.195 e. The molecule has 0 saturated heterocycles. The van der Waals surface area contributed by atoms with Gasteiger partial charge >= 0.3 is 0 Å². The van der Waals surface area contributed by atoms with Gasteiger partial charge in [-0.25, -0.2) is 0 Å². The highest BCUT2D eigenvalue weighted by molar-refractivity contribution is 6.12. The van der Waals surface area contributed by atoms with Crippen molar-refractivity contribution in [2.24, 2.45) is 0 Å². The third-order valence-corrected chi connectivity index (χ3v) is 3.48. The first-order valence-corrected chi connectivity index (χ1v) is 6.43. The molecule has 0 saturated carbocycles. The zero-order valence-corrected chi connectivity index (χ0v) is 11.2. The minimum absolute atomic E-state index is 0.101. The number of nitrogens with two attached hydrogens (primary N) is 1. The number of para-hydroxylation sites is 1. The lowest BCUT2D eigenvalue weighted by Crippen LogP contribution is -2.07. The van der Waals surface area contributed by atoms with Crippen LogP contribution >= 0.6 is 0 Å². The van der Waals surface area contributed by atoms with E-state index in [0.717, 1.165) is 17.7 Å². The summed E-state index contributed by atoms with van der Waals surface area (Å²) in [5.74, 6) is 1.27. The van der Waals surface area contributed by atoms with Gasteiger partial charge in [-0.2, -0.15) is 0 Å². The molecule has 2 N–H and O–H groups in total. The largest absolute Gasteiger partial charge is 0.495 e. The van der Waals surface area contributed by atoms with Crippen LogP contribution in [0.5, 0.6) is 11.5 Å². The summed E-state index contributed by atoms with van der Waals surface area (Å²) >= 11 is 0. The van der Waals surface area contributed by atoms with Gasteiger partial charge in [0, 0.05) is 17.5 Å². The number of carbonyl (C=O) groups is 1. The van der Waals surface area contributed by atoms with Crippen LogP contribution in [0.4, 0.5) is 5.69 Å². The normalized spacial score (nSPS) is 12.7. The van der Waals surface area contributed by atoms with Crippen molar-refractivity contribution < 1.29 is 14.3 Å². The minimum Gasteiger partial charge on any atom is -0.495 e. The summed E-state index contributed by atoms with van der Waals surface area (Å²) in [6.45, 7) is 0.675.